The number of hydrogen-bond acceptors (Lipinski definition) is 5. The van der Waals surface area contributed by atoms with Crippen molar-refractivity contribution in [2.45, 2.75) is 38.5 Å². The molecule has 0 unspecified atom stereocenters. The number of hydrogen-bond donors (Lipinski definition) is 2. The number of aliphatic hydroxyl groups is 1. The lowest BCUT2D eigenvalue weighted by Crippen LogP contribution is -2.43. The number of nitrogens with zero attached hydrogens (tertiary/aromatic N) is 1. The molecule has 23 heavy (non-hydrogen) atoms. The summed E-state index contributed by atoms with van der Waals surface area (Å²) >= 11 is 0. The zero-order chi connectivity index (χ0) is 17.0. The van der Waals surface area contributed by atoms with Crippen LogP contribution in [-0.2, 0) is 4.74 Å². The minimum absolute atomic E-state index is 0.0247. The van der Waals surface area contributed by atoms with Gasteiger partial charge in [0.25, 0.3) is 5.91 Å². The molecular formula is C17H24N2O4. The maximum atomic E-state index is 12.3. The maximum absolute atomic E-state index is 12.3. The van der Waals surface area contributed by atoms with E-state index < -0.39 is 5.60 Å². The van der Waals surface area contributed by atoms with Gasteiger partial charge in [0.15, 0.2) is 11.5 Å². The number of likely N-dealkylation sites (N-methyl/N-ethyl adjacent to an activating group) is 1. The Bertz CT molecular complexity index is 606. The summed E-state index contributed by atoms with van der Waals surface area (Å²) in [6.07, 6.45) is -0.0247. The molecule has 0 aromatic carbocycles. The van der Waals surface area contributed by atoms with Crippen LogP contribution in [0.2, 0.25) is 0 Å². The quantitative estimate of drug-likeness (QED) is 0.805. The highest BCUT2D eigenvalue weighted by molar-refractivity contribution is 5.91. The smallest absolute Gasteiger partial charge is 0.287 e. The first kappa shape index (κ1) is 17.5. The second kappa shape index (κ2) is 7.18. The van der Waals surface area contributed by atoms with E-state index in [-0.39, 0.29) is 23.8 Å². The second-order valence-electron chi connectivity index (χ2n) is 6.18. The van der Waals surface area contributed by atoms with E-state index in [0.717, 1.165) is 19.6 Å². The Morgan fingerprint density at radius 2 is 2.26 bits per heavy atom. The van der Waals surface area contributed by atoms with Gasteiger partial charge in [-0.3, -0.25) is 9.69 Å². The minimum Gasteiger partial charge on any atom is -0.443 e. The Hall–Kier alpha value is -1.81. The summed E-state index contributed by atoms with van der Waals surface area (Å²) in [5, 5.41) is 12.5. The van der Waals surface area contributed by atoms with Crippen LogP contribution < -0.4 is 5.32 Å². The zero-order valence-corrected chi connectivity index (χ0v) is 14.0. The van der Waals surface area contributed by atoms with Gasteiger partial charge in [0, 0.05) is 20.2 Å². The fourth-order valence-corrected chi connectivity index (χ4v) is 2.47. The highest BCUT2D eigenvalue weighted by Crippen LogP contribution is 2.14. The highest BCUT2D eigenvalue weighted by atomic mass is 16.5. The van der Waals surface area contributed by atoms with Crippen LogP contribution in [0.15, 0.2) is 16.5 Å². The van der Waals surface area contributed by atoms with Crippen molar-refractivity contribution in [3.63, 3.8) is 0 Å². The van der Waals surface area contributed by atoms with Gasteiger partial charge < -0.3 is 19.6 Å². The predicted molar refractivity (Wildman–Crippen MR) is 86.0 cm³/mol. The molecule has 126 valence electrons. The number of methoxy groups -OCH3 is 1. The number of amides is 1. The summed E-state index contributed by atoms with van der Waals surface area (Å²) in [4.78, 5) is 14.5. The molecule has 2 atom stereocenters. The van der Waals surface area contributed by atoms with Gasteiger partial charge in [-0.1, -0.05) is 12.8 Å². The predicted octanol–water partition coefficient (Wildman–Crippen LogP) is 0.851. The van der Waals surface area contributed by atoms with Gasteiger partial charge >= 0.3 is 0 Å². The Kier molecular flexibility index (Phi) is 5.47. The van der Waals surface area contributed by atoms with Gasteiger partial charge in [-0.25, -0.2) is 0 Å². The Balaban J connectivity index is 2.01. The number of furan rings is 1. The fraction of sp³-hybridized carbons (Fsp3) is 0.588. The molecule has 1 saturated heterocycles. The molecule has 0 radical (unpaired) electrons. The topological polar surface area (TPSA) is 74.9 Å². The number of likely N-dealkylation sites (tertiary alicyclic amines) is 1. The number of rotatable bonds is 4. The monoisotopic (exact) mass is 320 g/mol. The third-order valence-corrected chi connectivity index (χ3v) is 3.73. The van der Waals surface area contributed by atoms with E-state index in [1.165, 1.54) is 0 Å². The number of ether oxygens (including phenoxy) is 1. The molecule has 1 aliphatic rings. The van der Waals surface area contributed by atoms with Crippen molar-refractivity contribution < 1.29 is 19.1 Å². The maximum Gasteiger partial charge on any atom is 0.287 e. The standard InChI is InChI=1S/C17H24N2O4/c1-5-19-10-13(15(11-19)22-4)18-16(20)14-7-6-12(23-14)8-9-17(2,3)21/h6-7,13,15,21H,5,10-11H2,1-4H3,(H,18,20)/t13-,15-/m0/s1. The SMILES string of the molecule is CCN1C[C@H](NC(=O)c2ccc(C#CC(C)(C)O)o2)[C@@H](OC)C1. The average Bonchev–Trinajstić information content (AvgIpc) is 3.10. The summed E-state index contributed by atoms with van der Waals surface area (Å²) in [5.74, 6) is 5.62. The van der Waals surface area contributed by atoms with E-state index in [2.05, 4.69) is 29.0 Å². The van der Waals surface area contributed by atoms with Crippen LogP contribution in [0.3, 0.4) is 0 Å². The normalized spacial score (nSPS) is 21.8. The summed E-state index contributed by atoms with van der Waals surface area (Å²) in [5.41, 5.74) is -1.10. The summed E-state index contributed by atoms with van der Waals surface area (Å²) in [7, 11) is 1.65. The lowest BCUT2D eigenvalue weighted by atomic mass is 10.1. The lowest BCUT2D eigenvalue weighted by molar-refractivity contribution is 0.0744. The molecular weight excluding hydrogens is 296 g/mol. The van der Waals surface area contributed by atoms with Crippen LogP contribution in [0.5, 0.6) is 0 Å². The van der Waals surface area contributed by atoms with Crippen molar-refractivity contribution in [1.82, 2.24) is 10.2 Å². The number of carbonyl (C=O) groups excluding carboxylic acids is 1. The fourth-order valence-electron chi connectivity index (χ4n) is 2.47. The molecule has 1 aromatic heterocycles. The van der Waals surface area contributed by atoms with Crippen molar-refractivity contribution in [3.05, 3.63) is 23.7 Å². The molecule has 0 bridgehead atoms. The van der Waals surface area contributed by atoms with Gasteiger partial charge in [0.2, 0.25) is 0 Å². The molecule has 1 aliphatic heterocycles. The van der Waals surface area contributed by atoms with Crippen LogP contribution in [0.4, 0.5) is 0 Å². The first-order valence-electron chi connectivity index (χ1n) is 7.73. The summed E-state index contributed by atoms with van der Waals surface area (Å²) < 4.78 is 10.9. The van der Waals surface area contributed by atoms with Gasteiger partial charge in [-0.2, -0.15) is 0 Å². The first-order chi connectivity index (χ1) is 10.8. The molecule has 1 fully saturated rings. The van der Waals surface area contributed by atoms with Crippen molar-refractivity contribution in [2.24, 2.45) is 0 Å². The van der Waals surface area contributed by atoms with E-state index in [1.807, 2.05) is 0 Å². The highest BCUT2D eigenvalue weighted by Gasteiger charge is 2.33. The van der Waals surface area contributed by atoms with Crippen LogP contribution >= 0.6 is 0 Å². The van der Waals surface area contributed by atoms with Crippen LogP contribution in [0.1, 0.15) is 37.1 Å². The molecule has 2 N–H and O–H groups in total. The van der Waals surface area contributed by atoms with E-state index in [9.17, 15) is 9.90 Å². The summed E-state index contributed by atoms with van der Waals surface area (Å²) in [6.45, 7) is 7.73. The van der Waals surface area contributed by atoms with E-state index in [1.54, 1.807) is 33.1 Å². The van der Waals surface area contributed by atoms with Crippen LogP contribution in [0, 0.1) is 11.8 Å². The van der Waals surface area contributed by atoms with Crippen LogP contribution in [0.25, 0.3) is 0 Å². The van der Waals surface area contributed by atoms with E-state index in [0.29, 0.717) is 5.76 Å². The Labute approximate surface area is 136 Å². The molecule has 0 spiro atoms. The minimum atomic E-state index is -1.10. The first-order valence-corrected chi connectivity index (χ1v) is 7.73. The molecule has 0 saturated carbocycles. The van der Waals surface area contributed by atoms with Gasteiger partial charge in [0.05, 0.1) is 12.1 Å². The third-order valence-electron chi connectivity index (χ3n) is 3.73. The Morgan fingerprint density at radius 3 is 2.87 bits per heavy atom. The average molecular weight is 320 g/mol. The molecule has 0 aliphatic carbocycles. The molecule has 2 heterocycles. The van der Waals surface area contributed by atoms with Gasteiger partial charge in [0.1, 0.15) is 5.60 Å². The zero-order valence-electron chi connectivity index (χ0n) is 14.0. The second-order valence-corrected chi connectivity index (χ2v) is 6.18. The molecule has 1 aromatic rings. The molecule has 6 nitrogen and oxygen atoms in total. The largest absolute Gasteiger partial charge is 0.443 e. The lowest BCUT2D eigenvalue weighted by Gasteiger charge is -2.17. The van der Waals surface area contributed by atoms with Crippen molar-refractivity contribution >= 4 is 5.91 Å². The summed E-state index contributed by atoms with van der Waals surface area (Å²) in [6, 6.07) is 3.13. The van der Waals surface area contributed by atoms with E-state index in [4.69, 9.17) is 9.15 Å². The van der Waals surface area contributed by atoms with Crippen molar-refractivity contribution in [3.8, 4) is 11.8 Å². The van der Waals surface area contributed by atoms with Gasteiger partial charge in [-0.05, 0) is 38.4 Å². The number of nitrogens with one attached hydrogen (secondary N) is 1. The third kappa shape index (κ3) is 4.83. The molecule has 2 rings (SSSR count). The number of carbonyl (C=O) groups is 1. The van der Waals surface area contributed by atoms with Crippen molar-refractivity contribution in [2.75, 3.05) is 26.7 Å². The van der Waals surface area contributed by atoms with Crippen LogP contribution in [-0.4, -0.2) is 60.4 Å². The van der Waals surface area contributed by atoms with E-state index >= 15 is 0 Å². The Morgan fingerprint density at radius 1 is 1.52 bits per heavy atom. The van der Waals surface area contributed by atoms with Gasteiger partial charge in [-0.15, -0.1) is 0 Å². The molecule has 1 amide bonds. The van der Waals surface area contributed by atoms with Crippen molar-refractivity contribution in [1.29, 1.82) is 0 Å². The molecule has 6 heteroatoms.